The number of hydrogen-bond donors (Lipinski definition) is 2. The minimum Gasteiger partial charge on any atom is -0.373 e. The van der Waals surface area contributed by atoms with Gasteiger partial charge in [0.2, 0.25) is 0 Å². The number of nitrogens with zero attached hydrogens (tertiary/aromatic N) is 1. The fraction of sp³-hybridized carbons (Fsp3) is 0.727. The van der Waals surface area contributed by atoms with Gasteiger partial charge in [-0.15, -0.1) is 24.0 Å². The van der Waals surface area contributed by atoms with E-state index in [0.717, 1.165) is 16.9 Å². The first-order valence-electron chi connectivity index (χ1n) is 5.65. The Morgan fingerprint density at radius 3 is 2.76 bits per heavy atom. The molecule has 3 atom stereocenters. The van der Waals surface area contributed by atoms with E-state index in [-0.39, 0.29) is 24.0 Å². The summed E-state index contributed by atoms with van der Waals surface area (Å²) in [6.45, 7) is 4.46. The molecular formula is C11H19BrIN3O. The lowest BCUT2D eigenvalue weighted by molar-refractivity contribution is 0.0992. The Hall–Kier alpha value is 0.180. The Bertz CT molecular complexity index is 311. The van der Waals surface area contributed by atoms with Crippen molar-refractivity contribution in [3.05, 3.63) is 11.1 Å². The van der Waals surface area contributed by atoms with E-state index >= 15 is 0 Å². The maximum absolute atomic E-state index is 5.78. The van der Waals surface area contributed by atoms with Crippen LogP contribution in [0.15, 0.2) is 16.1 Å². The number of nitrogens with one attached hydrogen (secondary N) is 2. The second-order valence-electron chi connectivity index (χ2n) is 4.30. The van der Waals surface area contributed by atoms with Crippen molar-refractivity contribution in [2.45, 2.75) is 37.5 Å². The molecule has 6 heteroatoms. The highest BCUT2D eigenvalue weighted by Gasteiger charge is 2.40. The van der Waals surface area contributed by atoms with Gasteiger partial charge in [-0.2, -0.15) is 0 Å². The number of rotatable bonds is 3. The van der Waals surface area contributed by atoms with Gasteiger partial charge in [0.1, 0.15) is 0 Å². The molecule has 0 spiro atoms. The Balaban J connectivity index is 0.00000144. The molecule has 2 fully saturated rings. The van der Waals surface area contributed by atoms with E-state index in [2.05, 4.69) is 38.1 Å². The zero-order valence-electron chi connectivity index (χ0n) is 9.91. The average molecular weight is 416 g/mol. The molecule has 2 saturated heterocycles. The smallest absolute Gasteiger partial charge is 0.191 e. The van der Waals surface area contributed by atoms with Crippen LogP contribution >= 0.6 is 39.9 Å². The van der Waals surface area contributed by atoms with Crippen LogP contribution in [0, 0.1) is 0 Å². The summed E-state index contributed by atoms with van der Waals surface area (Å²) in [4.78, 5) is 4.18. The molecule has 98 valence electrons. The third-order valence-electron chi connectivity index (χ3n) is 3.10. The van der Waals surface area contributed by atoms with E-state index in [9.17, 15) is 0 Å². The van der Waals surface area contributed by atoms with E-state index in [1.807, 2.05) is 0 Å². The third-order valence-corrected chi connectivity index (χ3v) is 3.38. The molecule has 0 aromatic carbocycles. The molecule has 4 nitrogen and oxygen atoms in total. The van der Waals surface area contributed by atoms with Crippen LogP contribution in [-0.4, -0.2) is 37.8 Å². The summed E-state index contributed by atoms with van der Waals surface area (Å²) < 4.78 is 6.70. The highest BCUT2D eigenvalue weighted by atomic mass is 127. The van der Waals surface area contributed by atoms with Crippen LogP contribution in [0.5, 0.6) is 0 Å². The maximum atomic E-state index is 5.78. The van der Waals surface area contributed by atoms with Crippen molar-refractivity contribution >= 4 is 45.9 Å². The standard InChI is InChI=1S/C11H18BrN3O.HI/c1-7(12)6-14-11(13-2)15-9-5-8-3-4-10(9)16-8;/h8-10H,1,3-6H2,2H3,(H2,13,14,15);1H. The normalized spacial score (nSPS) is 30.9. The second-order valence-corrected chi connectivity index (χ2v) is 5.42. The zero-order chi connectivity index (χ0) is 11.5. The monoisotopic (exact) mass is 415 g/mol. The van der Waals surface area contributed by atoms with Gasteiger partial charge in [0, 0.05) is 18.1 Å². The van der Waals surface area contributed by atoms with Gasteiger partial charge in [-0.05, 0) is 19.3 Å². The predicted octanol–water partition coefficient (Wildman–Crippen LogP) is 2.00. The summed E-state index contributed by atoms with van der Waals surface area (Å²) in [6, 6.07) is 0.411. The van der Waals surface area contributed by atoms with Crippen molar-refractivity contribution in [2.75, 3.05) is 13.6 Å². The molecule has 2 rings (SSSR count). The molecule has 2 bridgehead atoms. The highest BCUT2D eigenvalue weighted by molar-refractivity contribution is 14.0. The highest BCUT2D eigenvalue weighted by Crippen LogP contribution is 2.34. The lowest BCUT2D eigenvalue weighted by Crippen LogP contribution is -2.47. The van der Waals surface area contributed by atoms with Gasteiger partial charge >= 0.3 is 0 Å². The maximum Gasteiger partial charge on any atom is 0.191 e. The average Bonchev–Trinajstić information content (AvgIpc) is 2.85. The predicted molar refractivity (Wildman–Crippen MR) is 84.3 cm³/mol. The summed E-state index contributed by atoms with van der Waals surface area (Å²) in [5.41, 5.74) is 0. The molecule has 2 aliphatic rings. The molecular weight excluding hydrogens is 397 g/mol. The molecule has 0 aliphatic carbocycles. The topological polar surface area (TPSA) is 45.7 Å². The Morgan fingerprint density at radius 2 is 2.29 bits per heavy atom. The van der Waals surface area contributed by atoms with Gasteiger partial charge in [0.05, 0.1) is 18.2 Å². The first-order valence-corrected chi connectivity index (χ1v) is 6.44. The van der Waals surface area contributed by atoms with Gasteiger partial charge in [-0.1, -0.05) is 22.5 Å². The molecule has 0 radical (unpaired) electrons. The van der Waals surface area contributed by atoms with Crippen molar-refractivity contribution in [3.8, 4) is 0 Å². The van der Waals surface area contributed by atoms with Gasteiger partial charge in [-0.25, -0.2) is 0 Å². The van der Waals surface area contributed by atoms with Crippen molar-refractivity contribution in [1.29, 1.82) is 0 Å². The molecule has 2 heterocycles. The van der Waals surface area contributed by atoms with Crippen LogP contribution in [0.25, 0.3) is 0 Å². The lowest BCUT2D eigenvalue weighted by atomic mass is 9.96. The molecule has 17 heavy (non-hydrogen) atoms. The van der Waals surface area contributed by atoms with Crippen LogP contribution < -0.4 is 10.6 Å². The molecule has 0 aromatic rings. The van der Waals surface area contributed by atoms with Crippen LogP contribution in [0.3, 0.4) is 0 Å². The number of fused-ring (bicyclic) bond motifs is 2. The molecule has 0 amide bonds. The van der Waals surface area contributed by atoms with Crippen molar-refractivity contribution in [3.63, 3.8) is 0 Å². The Labute approximate surface area is 128 Å². The van der Waals surface area contributed by atoms with Crippen LogP contribution in [0.4, 0.5) is 0 Å². The van der Waals surface area contributed by atoms with Crippen molar-refractivity contribution in [1.82, 2.24) is 10.6 Å². The molecule has 2 N–H and O–H groups in total. The van der Waals surface area contributed by atoms with E-state index in [1.54, 1.807) is 7.05 Å². The molecule has 2 aliphatic heterocycles. The first kappa shape index (κ1) is 15.2. The number of guanidine groups is 1. The minimum absolute atomic E-state index is 0. The van der Waals surface area contributed by atoms with Crippen LogP contribution in [0.1, 0.15) is 19.3 Å². The van der Waals surface area contributed by atoms with Crippen LogP contribution in [0.2, 0.25) is 0 Å². The van der Waals surface area contributed by atoms with E-state index in [4.69, 9.17) is 4.74 Å². The second kappa shape index (κ2) is 6.94. The van der Waals surface area contributed by atoms with E-state index in [0.29, 0.717) is 24.8 Å². The Morgan fingerprint density at radius 1 is 1.53 bits per heavy atom. The number of aliphatic imine (C=N–C) groups is 1. The van der Waals surface area contributed by atoms with E-state index in [1.165, 1.54) is 12.8 Å². The zero-order valence-corrected chi connectivity index (χ0v) is 13.8. The third kappa shape index (κ3) is 4.10. The van der Waals surface area contributed by atoms with Gasteiger partial charge in [0.15, 0.2) is 5.96 Å². The lowest BCUT2D eigenvalue weighted by Gasteiger charge is -2.22. The quantitative estimate of drug-likeness (QED) is 0.421. The fourth-order valence-electron chi connectivity index (χ4n) is 2.34. The molecule has 0 aromatic heterocycles. The number of halogens is 2. The Kier molecular flexibility index (Phi) is 6.22. The largest absolute Gasteiger partial charge is 0.373 e. The fourth-order valence-corrected chi connectivity index (χ4v) is 2.48. The van der Waals surface area contributed by atoms with Crippen molar-refractivity contribution < 1.29 is 4.74 Å². The van der Waals surface area contributed by atoms with Gasteiger partial charge in [-0.3, -0.25) is 4.99 Å². The molecule has 0 saturated carbocycles. The van der Waals surface area contributed by atoms with Crippen molar-refractivity contribution in [2.24, 2.45) is 4.99 Å². The SMILES string of the molecule is C=C(Br)CNC(=NC)NC1CC2CCC1O2.I. The summed E-state index contributed by atoms with van der Waals surface area (Å²) in [5.74, 6) is 0.821. The number of hydrogen-bond acceptors (Lipinski definition) is 2. The molecule has 3 unspecified atom stereocenters. The van der Waals surface area contributed by atoms with Gasteiger partial charge in [0.25, 0.3) is 0 Å². The summed E-state index contributed by atoms with van der Waals surface area (Å²) in [5, 5.41) is 6.60. The minimum atomic E-state index is 0. The summed E-state index contributed by atoms with van der Waals surface area (Å²) in [6.07, 6.45) is 4.32. The summed E-state index contributed by atoms with van der Waals surface area (Å²) >= 11 is 3.31. The van der Waals surface area contributed by atoms with E-state index < -0.39 is 0 Å². The summed E-state index contributed by atoms with van der Waals surface area (Å²) in [7, 11) is 1.78. The number of ether oxygens (including phenoxy) is 1. The first-order chi connectivity index (χ1) is 7.69. The van der Waals surface area contributed by atoms with Crippen LogP contribution in [-0.2, 0) is 4.74 Å². The van der Waals surface area contributed by atoms with Gasteiger partial charge < -0.3 is 15.4 Å².